The van der Waals surface area contributed by atoms with Gasteiger partial charge in [-0.25, -0.2) is 9.78 Å². The summed E-state index contributed by atoms with van der Waals surface area (Å²) in [6.07, 6.45) is 0.0242. The molecule has 1 amide bonds. The molecule has 0 aliphatic carbocycles. The topological polar surface area (TPSA) is 68.3 Å². The number of rotatable bonds is 6. The van der Waals surface area contributed by atoms with Gasteiger partial charge in [0.2, 0.25) is 0 Å². The number of aromatic nitrogens is 1. The molecule has 0 spiro atoms. The SMILES string of the molecule is CC[C@H](C)c1ccccc1NC(=O)[C@@H](C)OC(=O)c1ccc2ccccc2n1. The number of ether oxygens (including phenoxy) is 1. The molecule has 144 valence electrons. The maximum absolute atomic E-state index is 12.5. The van der Waals surface area contributed by atoms with Crippen LogP contribution in [0.4, 0.5) is 5.69 Å². The number of carbonyl (C=O) groups excluding carboxylic acids is 2. The Morgan fingerprint density at radius 2 is 1.71 bits per heavy atom. The van der Waals surface area contributed by atoms with Crippen LogP contribution in [0.15, 0.2) is 60.7 Å². The summed E-state index contributed by atoms with van der Waals surface area (Å²) in [6, 6.07) is 18.6. The van der Waals surface area contributed by atoms with Gasteiger partial charge in [0.1, 0.15) is 5.69 Å². The summed E-state index contributed by atoms with van der Waals surface area (Å²) < 4.78 is 5.33. The molecule has 2 atom stereocenters. The van der Waals surface area contributed by atoms with Gasteiger partial charge in [-0.05, 0) is 43.0 Å². The lowest BCUT2D eigenvalue weighted by Crippen LogP contribution is -2.30. The van der Waals surface area contributed by atoms with Crippen LogP contribution in [-0.4, -0.2) is 23.0 Å². The van der Waals surface area contributed by atoms with Crippen LogP contribution in [0, 0.1) is 0 Å². The molecule has 1 N–H and O–H groups in total. The molecule has 1 heterocycles. The molecular formula is C23H24N2O3. The second kappa shape index (κ2) is 8.65. The van der Waals surface area contributed by atoms with Crippen molar-refractivity contribution in [2.24, 2.45) is 0 Å². The highest BCUT2D eigenvalue weighted by molar-refractivity contribution is 5.98. The third-order valence-corrected chi connectivity index (χ3v) is 4.82. The molecule has 1 aromatic heterocycles. The number of hydrogen-bond donors (Lipinski definition) is 1. The number of para-hydroxylation sites is 2. The van der Waals surface area contributed by atoms with E-state index in [0.717, 1.165) is 23.1 Å². The minimum atomic E-state index is -0.939. The Bertz CT molecular complexity index is 1000. The lowest BCUT2D eigenvalue weighted by molar-refractivity contribution is -0.123. The zero-order valence-corrected chi connectivity index (χ0v) is 16.3. The molecule has 0 saturated heterocycles. The molecule has 28 heavy (non-hydrogen) atoms. The van der Waals surface area contributed by atoms with Crippen molar-refractivity contribution in [1.82, 2.24) is 4.98 Å². The molecule has 3 aromatic rings. The van der Waals surface area contributed by atoms with E-state index >= 15 is 0 Å². The highest BCUT2D eigenvalue weighted by atomic mass is 16.5. The average molecular weight is 376 g/mol. The quantitative estimate of drug-likeness (QED) is 0.619. The zero-order chi connectivity index (χ0) is 20.1. The van der Waals surface area contributed by atoms with Crippen LogP contribution in [-0.2, 0) is 9.53 Å². The van der Waals surface area contributed by atoms with Gasteiger partial charge in [0.05, 0.1) is 5.52 Å². The van der Waals surface area contributed by atoms with E-state index in [-0.39, 0.29) is 11.6 Å². The summed E-state index contributed by atoms with van der Waals surface area (Å²) in [4.78, 5) is 29.3. The number of benzene rings is 2. The van der Waals surface area contributed by atoms with Gasteiger partial charge < -0.3 is 10.1 Å². The minimum Gasteiger partial charge on any atom is -0.448 e. The highest BCUT2D eigenvalue weighted by Gasteiger charge is 2.21. The lowest BCUT2D eigenvalue weighted by Gasteiger charge is -2.18. The van der Waals surface area contributed by atoms with Gasteiger partial charge in [0, 0.05) is 11.1 Å². The molecule has 5 heteroatoms. The van der Waals surface area contributed by atoms with Gasteiger partial charge in [-0.3, -0.25) is 4.79 Å². The van der Waals surface area contributed by atoms with Gasteiger partial charge in [0.15, 0.2) is 6.10 Å². The van der Waals surface area contributed by atoms with Gasteiger partial charge in [0.25, 0.3) is 5.91 Å². The number of hydrogen-bond acceptors (Lipinski definition) is 4. The van der Waals surface area contributed by atoms with Gasteiger partial charge in [-0.15, -0.1) is 0 Å². The van der Waals surface area contributed by atoms with E-state index in [2.05, 4.69) is 24.1 Å². The Hall–Kier alpha value is -3.21. The molecular weight excluding hydrogens is 352 g/mol. The van der Waals surface area contributed by atoms with E-state index in [0.29, 0.717) is 11.4 Å². The normalized spacial score (nSPS) is 13.0. The molecule has 0 saturated carbocycles. The lowest BCUT2D eigenvalue weighted by atomic mass is 9.97. The smallest absolute Gasteiger partial charge is 0.357 e. The molecule has 0 fully saturated rings. The van der Waals surface area contributed by atoms with Crippen LogP contribution in [0.3, 0.4) is 0 Å². The standard InChI is InChI=1S/C23H24N2O3/c1-4-15(2)18-10-6-8-12-20(18)25-22(26)16(3)28-23(27)21-14-13-17-9-5-7-11-19(17)24-21/h5-16H,4H2,1-3H3,(H,25,26)/t15-,16+/m0/s1. The van der Waals surface area contributed by atoms with Gasteiger partial charge in [-0.1, -0.05) is 56.3 Å². The maximum atomic E-state index is 12.5. The van der Waals surface area contributed by atoms with Crippen LogP contribution in [0.2, 0.25) is 0 Å². The predicted octanol–water partition coefficient (Wildman–Crippen LogP) is 4.93. The molecule has 0 radical (unpaired) electrons. The Balaban J connectivity index is 1.69. The number of esters is 1. The average Bonchev–Trinajstić information content (AvgIpc) is 2.73. The summed E-state index contributed by atoms with van der Waals surface area (Å²) in [5.74, 6) is -0.676. The number of anilines is 1. The number of fused-ring (bicyclic) bond motifs is 1. The van der Waals surface area contributed by atoms with Crippen molar-refractivity contribution >= 4 is 28.5 Å². The molecule has 0 unspecified atom stereocenters. The van der Waals surface area contributed by atoms with Crippen molar-refractivity contribution < 1.29 is 14.3 Å². The minimum absolute atomic E-state index is 0.179. The summed E-state index contributed by atoms with van der Waals surface area (Å²) in [5, 5.41) is 3.81. The van der Waals surface area contributed by atoms with Crippen LogP contribution < -0.4 is 5.32 Å². The van der Waals surface area contributed by atoms with Crippen molar-refractivity contribution in [2.45, 2.75) is 39.2 Å². The van der Waals surface area contributed by atoms with E-state index in [1.54, 1.807) is 13.0 Å². The van der Waals surface area contributed by atoms with Crippen LogP contribution in [0.5, 0.6) is 0 Å². The second-order valence-corrected chi connectivity index (χ2v) is 6.82. The van der Waals surface area contributed by atoms with Crippen LogP contribution in [0.1, 0.15) is 49.2 Å². The molecule has 3 rings (SSSR count). The molecule has 0 aliphatic heterocycles. The predicted molar refractivity (Wildman–Crippen MR) is 110 cm³/mol. The monoisotopic (exact) mass is 376 g/mol. The number of nitrogens with one attached hydrogen (secondary N) is 1. The van der Waals surface area contributed by atoms with Crippen molar-refractivity contribution in [1.29, 1.82) is 0 Å². The molecule has 2 aromatic carbocycles. The Kier molecular flexibility index (Phi) is 6.04. The van der Waals surface area contributed by atoms with Crippen molar-refractivity contribution in [2.75, 3.05) is 5.32 Å². The third kappa shape index (κ3) is 4.36. The van der Waals surface area contributed by atoms with Crippen LogP contribution >= 0.6 is 0 Å². The number of pyridine rings is 1. The van der Waals surface area contributed by atoms with E-state index < -0.39 is 12.1 Å². The third-order valence-electron chi connectivity index (χ3n) is 4.82. The Morgan fingerprint density at radius 3 is 2.50 bits per heavy atom. The molecule has 0 bridgehead atoms. The van der Waals surface area contributed by atoms with E-state index in [9.17, 15) is 9.59 Å². The summed E-state index contributed by atoms with van der Waals surface area (Å²) >= 11 is 0. The van der Waals surface area contributed by atoms with Gasteiger partial charge >= 0.3 is 5.97 Å². The van der Waals surface area contributed by atoms with Crippen molar-refractivity contribution in [3.05, 3.63) is 71.9 Å². The van der Waals surface area contributed by atoms with Crippen LogP contribution in [0.25, 0.3) is 10.9 Å². The van der Waals surface area contributed by atoms with E-state index in [1.807, 2.05) is 54.6 Å². The Labute approximate surface area is 164 Å². The second-order valence-electron chi connectivity index (χ2n) is 6.82. The van der Waals surface area contributed by atoms with Gasteiger partial charge in [-0.2, -0.15) is 0 Å². The highest BCUT2D eigenvalue weighted by Crippen LogP contribution is 2.26. The molecule has 5 nitrogen and oxygen atoms in total. The van der Waals surface area contributed by atoms with Crippen molar-refractivity contribution in [3.63, 3.8) is 0 Å². The number of amides is 1. The fraction of sp³-hybridized carbons (Fsp3) is 0.261. The fourth-order valence-corrected chi connectivity index (χ4v) is 2.95. The first-order valence-corrected chi connectivity index (χ1v) is 9.46. The first-order valence-electron chi connectivity index (χ1n) is 9.46. The largest absolute Gasteiger partial charge is 0.448 e. The summed E-state index contributed by atoms with van der Waals surface area (Å²) in [5.41, 5.74) is 2.69. The number of carbonyl (C=O) groups is 2. The Morgan fingerprint density at radius 1 is 1.00 bits per heavy atom. The molecule has 0 aliphatic rings. The maximum Gasteiger partial charge on any atom is 0.357 e. The first kappa shape index (κ1) is 19.5. The van der Waals surface area contributed by atoms with E-state index in [4.69, 9.17) is 4.74 Å². The number of nitrogens with zero attached hydrogens (tertiary/aromatic N) is 1. The first-order chi connectivity index (χ1) is 13.5. The summed E-state index contributed by atoms with van der Waals surface area (Å²) in [6.45, 7) is 5.77. The van der Waals surface area contributed by atoms with E-state index in [1.165, 1.54) is 0 Å². The van der Waals surface area contributed by atoms with Crippen molar-refractivity contribution in [3.8, 4) is 0 Å². The zero-order valence-electron chi connectivity index (χ0n) is 16.3. The summed E-state index contributed by atoms with van der Waals surface area (Å²) in [7, 11) is 0. The fourth-order valence-electron chi connectivity index (χ4n) is 2.95.